The summed E-state index contributed by atoms with van der Waals surface area (Å²) < 4.78 is 32.9. The predicted octanol–water partition coefficient (Wildman–Crippen LogP) is 0.539. The highest BCUT2D eigenvalue weighted by Crippen LogP contribution is 2.27. The van der Waals surface area contributed by atoms with Gasteiger partial charge in [0.2, 0.25) is 10.0 Å². The Morgan fingerprint density at radius 3 is 2.90 bits per heavy atom. The topological polar surface area (TPSA) is 84.7 Å². The first-order valence-corrected chi connectivity index (χ1v) is 8.71. The van der Waals surface area contributed by atoms with Crippen molar-refractivity contribution >= 4 is 15.7 Å². The molecule has 6 nitrogen and oxygen atoms in total. The van der Waals surface area contributed by atoms with Gasteiger partial charge in [0.05, 0.1) is 24.9 Å². The average Bonchev–Trinajstić information content (AvgIpc) is 2.53. The quantitative estimate of drug-likeness (QED) is 0.801. The molecule has 7 heteroatoms. The first kappa shape index (κ1) is 16.2. The predicted molar refractivity (Wildman–Crippen MR) is 82.9 cm³/mol. The highest BCUT2D eigenvalue weighted by atomic mass is 32.2. The first-order chi connectivity index (χ1) is 10.1. The van der Waals surface area contributed by atoms with Crippen LogP contribution in [0.4, 0.5) is 5.69 Å². The number of hydrogen-bond donors (Lipinski definition) is 2. The van der Waals surface area contributed by atoms with Gasteiger partial charge in [-0.2, -0.15) is 0 Å². The number of rotatable bonds is 6. The minimum absolute atomic E-state index is 0.00118. The number of para-hydroxylation sites is 1. The van der Waals surface area contributed by atoms with E-state index in [2.05, 4.69) is 4.72 Å². The first-order valence-electron chi connectivity index (χ1n) is 7.23. The lowest BCUT2D eigenvalue weighted by atomic mass is 10.2. The zero-order valence-electron chi connectivity index (χ0n) is 12.3. The Morgan fingerprint density at radius 1 is 1.43 bits per heavy atom. The van der Waals surface area contributed by atoms with E-state index in [0.29, 0.717) is 43.4 Å². The van der Waals surface area contributed by atoms with Crippen LogP contribution in [0.3, 0.4) is 0 Å². The average molecular weight is 313 g/mol. The van der Waals surface area contributed by atoms with Gasteiger partial charge in [-0.25, -0.2) is 13.1 Å². The van der Waals surface area contributed by atoms with Crippen molar-refractivity contribution in [1.29, 1.82) is 0 Å². The van der Waals surface area contributed by atoms with Crippen LogP contribution in [0.1, 0.15) is 13.3 Å². The second-order valence-electron chi connectivity index (χ2n) is 5.02. The lowest BCUT2D eigenvalue weighted by Crippen LogP contribution is -2.50. The summed E-state index contributed by atoms with van der Waals surface area (Å²) in [5.74, 6) is 0. The van der Waals surface area contributed by atoms with Crippen LogP contribution in [0.5, 0.6) is 0 Å². The van der Waals surface area contributed by atoms with Crippen molar-refractivity contribution in [3.63, 3.8) is 0 Å². The smallest absolute Gasteiger partial charge is 0.242 e. The van der Waals surface area contributed by atoms with Crippen LogP contribution >= 0.6 is 0 Å². The highest BCUT2D eigenvalue weighted by molar-refractivity contribution is 7.89. The highest BCUT2D eigenvalue weighted by Gasteiger charge is 2.27. The number of nitrogens with one attached hydrogen (secondary N) is 1. The maximum absolute atomic E-state index is 12.4. The normalized spacial score (nSPS) is 19.7. The van der Waals surface area contributed by atoms with Crippen molar-refractivity contribution in [3.05, 3.63) is 24.3 Å². The largest absolute Gasteiger partial charge is 0.377 e. The van der Waals surface area contributed by atoms with Crippen molar-refractivity contribution in [2.24, 2.45) is 5.73 Å². The number of anilines is 1. The van der Waals surface area contributed by atoms with Crippen molar-refractivity contribution in [2.75, 3.05) is 37.7 Å². The monoisotopic (exact) mass is 313 g/mol. The van der Waals surface area contributed by atoms with Crippen molar-refractivity contribution < 1.29 is 13.2 Å². The van der Waals surface area contributed by atoms with E-state index in [9.17, 15) is 8.42 Å². The summed E-state index contributed by atoms with van der Waals surface area (Å²) >= 11 is 0. The standard InChI is InChI=1S/C14H23N3O3S/c1-2-7-16-21(18,19)14-6-4-3-5-13(14)17-8-9-20-11-12(17)10-15/h3-6,12,16H,2,7-11,15H2,1H3. The van der Waals surface area contributed by atoms with E-state index in [1.807, 2.05) is 24.0 Å². The fourth-order valence-corrected chi connectivity index (χ4v) is 3.75. The van der Waals surface area contributed by atoms with Crippen LogP contribution in [0, 0.1) is 0 Å². The molecule has 0 amide bonds. The third-order valence-corrected chi connectivity index (χ3v) is 5.01. The zero-order chi connectivity index (χ0) is 15.3. The van der Waals surface area contributed by atoms with Gasteiger partial charge in [0, 0.05) is 19.6 Å². The van der Waals surface area contributed by atoms with Gasteiger partial charge in [0.1, 0.15) is 4.90 Å². The van der Waals surface area contributed by atoms with E-state index in [-0.39, 0.29) is 6.04 Å². The molecule has 2 rings (SSSR count). The number of ether oxygens (including phenoxy) is 1. The second-order valence-corrected chi connectivity index (χ2v) is 6.76. The second kappa shape index (κ2) is 7.22. The summed E-state index contributed by atoms with van der Waals surface area (Å²) in [4.78, 5) is 2.34. The Balaban J connectivity index is 2.36. The molecular formula is C14H23N3O3S. The number of hydrogen-bond acceptors (Lipinski definition) is 5. The van der Waals surface area contributed by atoms with Gasteiger partial charge in [0.25, 0.3) is 0 Å². The molecule has 118 valence electrons. The van der Waals surface area contributed by atoms with Gasteiger partial charge in [-0.15, -0.1) is 0 Å². The van der Waals surface area contributed by atoms with E-state index >= 15 is 0 Å². The molecule has 1 atom stereocenters. The molecule has 1 aromatic carbocycles. The van der Waals surface area contributed by atoms with E-state index in [4.69, 9.17) is 10.5 Å². The van der Waals surface area contributed by atoms with Gasteiger partial charge in [-0.3, -0.25) is 0 Å². The molecule has 0 saturated carbocycles. The number of sulfonamides is 1. The molecule has 1 aromatic rings. The maximum atomic E-state index is 12.4. The Morgan fingerprint density at radius 2 is 2.19 bits per heavy atom. The fraction of sp³-hybridized carbons (Fsp3) is 0.571. The molecule has 1 aliphatic heterocycles. The number of nitrogens with zero attached hydrogens (tertiary/aromatic N) is 1. The molecule has 0 spiro atoms. The molecule has 0 aromatic heterocycles. The number of benzene rings is 1. The maximum Gasteiger partial charge on any atom is 0.242 e. The minimum atomic E-state index is -3.51. The third-order valence-electron chi connectivity index (χ3n) is 3.51. The number of nitrogens with two attached hydrogens (primary N) is 1. The molecule has 0 radical (unpaired) electrons. The SMILES string of the molecule is CCCNS(=O)(=O)c1ccccc1N1CCOCC1CN. The Kier molecular flexibility index (Phi) is 5.58. The van der Waals surface area contributed by atoms with Gasteiger partial charge in [0.15, 0.2) is 0 Å². The van der Waals surface area contributed by atoms with E-state index < -0.39 is 10.0 Å². The molecule has 1 fully saturated rings. The molecule has 0 aliphatic carbocycles. The van der Waals surface area contributed by atoms with Crippen LogP contribution in [0.15, 0.2) is 29.2 Å². The summed E-state index contributed by atoms with van der Waals surface area (Å²) in [7, 11) is -3.51. The molecule has 1 unspecified atom stereocenters. The van der Waals surface area contributed by atoms with Crippen molar-refractivity contribution in [2.45, 2.75) is 24.3 Å². The van der Waals surface area contributed by atoms with Gasteiger partial charge >= 0.3 is 0 Å². The molecule has 1 saturated heterocycles. The summed E-state index contributed by atoms with van der Waals surface area (Å²) in [6.07, 6.45) is 0.754. The van der Waals surface area contributed by atoms with E-state index in [1.54, 1.807) is 12.1 Å². The van der Waals surface area contributed by atoms with Crippen molar-refractivity contribution in [3.8, 4) is 0 Å². The summed E-state index contributed by atoms with van der Waals surface area (Å²) in [5, 5.41) is 0. The molecule has 3 N–H and O–H groups in total. The third kappa shape index (κ3) is 3.74. The summed E-state index contributed by atoms with van der Waals surface area (Å²) in [5.41, 5.74) is 6.48. The zero-order valence-corrected chi connectivity index (χ0v) is 13.1. The van der Waals surface area contributed by atoms with Gasteiger partial charge < -0.3 is 15.4 Å². The molecule has 21 heavy (non-hydrogen) atoms. The van der Waals surface area contributed by atoms with Gasteiger partial charge in [-0.1, -0.05) is 19.1 Å². The van der Waals surface area contributed by atoms with E-state index in [0.717, 1.165) is 6.42 Å². The Labute approximate surface area is 126 Å². The molecule has 0 bridgehead atoms. The van der Waals surface area contributed by atoms with Crippen LogP contribution in [0.25, 0.3) is 0 Å². The van der Waals surface area contributed by atoms with Crippen LogP contribution in [-0.4, -0.2) is 47.3 Å². The molecule has 1 heterocycles. The summed E-state index contributed by atoms with van der Waals surface area (Å²) in [6, 6.07) is 7.05. The van der Waals surface area contributed by atoms with Gasteiger partial charge in [-0.05, 0) is 18.6 Å². The fourth-order valence-electron chi connectivity index (χ4n) is 2.40. The van der Waals surface area contributed by atoms with Crippen LogP contribution in [-0.2, 0) is 14.8 Å². The van der Waals surface area contributed by atoms with Crippen LogP contribution in [0.2, 0.25) is 0 Å². The van der Waals surface area contributed by atoms with E-state index in [1.165, 1.54) is 0 Å². The Hall–Kier alpha value is -1.15. The molecular weight excluding hydrogens is 290 g/mol. The lowest BCUT2D eigenvalue weighted by Gasteiger charge is -2.37. The van der Waals surface area contributed by atoms with Crippen molar-refractivity contribution in [1.82, 2.24) is 4.72 Å². The molecule has 1 aliphatic rings. The summed E-state index contributed by atoms with van der Waals surface area (Å²) in [6.45, 7) is 4.53. The lowest BCUT2D eigenvalue weighted by molar-refractivity contribution is 0.0960. The minimum Gasteiger partial charge on any atom is -0.377 e. The number of morpholine rings is 1. The Bertz CT molecular complexity index is 562. The van der Waals surface area contributed by atoms with Crippen LogP contribution < -0.4 is 15.4 Å².